The minimum absolute atomic E-state index is 0.0238. The first-order chi connectivity index (χ1) is 10.1. The van der Waals surface area contributed by atoms with E-state index in [4.69, 9.17) is 0 Å². The summed E-state index contributed by atoms with van der Waals surface area (Å²) in [6.07, 6.45) is 3.05. The molecule has 5 nitrogen and oxygen atoms in total. The zero-order valence-corrected chi connectivity index (χ0v) is 13.7. The molecule has 2 rings (SSSR count). The van der Waals surface area contributed by atoms with E-state index in [2.05, 4.69) is 47.5 Å². The van der Waals surface area contributed by atoms with Gasteiger partial charge in [0.05, 0.1) is 24.2 Å². The lowest BCUT2D eigenvalue weighted by Crippen LogP contribution is -2.37. The van der Waals surface area contributed by atoms with E-state index in [0.717, 1.165) is 43.4 Å². The molecule has 118 valence electrons. The van der Waals surface area contributed by atoms with Gasteiger partial charge in [0.2, 0.25) is 0 Å². The summed E-state index contributed by atoms with van der Waals surface area (Å²) in [5.74, 6) is 1.09. The third kappa shape index (κ3) is 3.52. The van der Waals surface area contributed by atoms with Crippen LogP contribution in [0.15, 0.2) is 6.20 Å². The summed E-state index contributed by atoms with van der Waals surface area (Å²) in [7, 11) is 0. The number of nitrogens with zero attached hydrogens (tertiary/aromatic N) is 4. The van der Waals surface area contributed by atoms with Crippen LogP contribution in [0.3, 0.4) is 0 Å². The number of likely N-dealkylation sites (N-methyl/N-ethyl adjacent to an activating group) is 1. The van der Waals surface area contributed by atoms with Gasteiger partial charge in [-0.15, -0.1) is 0 Å². The van der Waals surface area contributed by atoms with Crippen LogP contribution in [0.5, 0.6) is 0 Å². The highest BCUT2D eigenvalue weighted by molar-refractivity contribution is 5.50. The number of aliphatic hydroxyl groups is 1. The van der Waals surface area contributed by atoms with Crippen LogP contribution < -0.4 is 4.90 Å². The van der Waals surface area contributed by atoms with Crippen LogP contribution in [0, 0.1) is 0 Å². The molecule has 1 aromatic heterocycles. The van der Waals surface area contributed by atoms with Crippen molar-refractivity contribution in [1.82, 2.24) is 14.9 Å². The molecule has 0 radical (unpaired) electrons. The van der Waals surface area contributed by atoms with E-state index in [1.54, 1.807) is 0 Å². The predicted octanol–water partition coefficient (Wildman–Crippen LogP) is 2.01. The molecule has 0 amide bonds. The molecule has 0 aliphatic carbocycles. The fourth-order valence-corrected chi connectivity index (χ4v) is 3.08. The van der Waals surface area contributed by atoms with Crippen molar-refractivity contribution in [3.05, 3.63) is 17.7 Å². The molecule has 21 heavy (non-hydrogen) atoms. The van der Waals surface area contributed by atoms with E-state index in [1.165, 1.54) is 6.42 Å². The quantitative estimate of drug-likeness (QED) is 0.869. The Morgan fingerprint density at radius 3 is 2.67 bits per heavy atom. The third-order valence-electron chi connectivity index (χ3n) is 4.36. The summed E-state index contributed by atoms with van der Waals surface area (Å²) >= 11 is 0. The number of hydrogen-bond acceptors (Lipinski definition) is 5. The average Bonchev–Trinajstić information content (AvgIpc) is 2.97. The lowest BCUT2D eigenvalue weighted by molar-refractivity contribution is 0.232. The standard InChI is InChI=1S/C16H28N4O/c1-5-19(6-2)13-7-8-20(10-13)15-9-17-16(12(3)4)18-14(15)11-21/h9,12-13,21H,5-8,10-11H2,1-4H3. The summed E-state index contributed by atoms with van der Waals surface area (Å²) in [4.78, 5) is 13.8. The van der Waals surface area contributed by atoms with Crippen LogP contribution in [-0.2, 0) is 6.61 Å². The van der Waals surface area contributed by atoms with E-state index >= 15 is 0 Å². The maximum atomic E-state index is 9.63. The Morgan fingerprint density at radius 2 is 2.10 bits per heavy atom. The van der Waals surface area contributed by atoms with Gasteiger partial charge in [-0.25, -0.2) is 9.97 Å². The highest BCUT2D eigenvalue weighted by Crippen LogP contribution is 2.26. The average molecular weight is 292 g/mol. The fourth-order valence-electron chi connectivity index (χ4n) is 3.08. The first-order valence-electron chi connectivity index (χ1n) is 8.06. The molecule has 0 saturated carbocycles. The third-order valence-corrected chi connectivity index (χ3v) is 4.36. The predicted molar refractivity (Wildman–Crippen MR) is 85.6 cm³/mol. The largest absolute Gasteiger partial charge is 0.390 e. The summed E-state index contributed by atoms with van der Waals surface area (Å²) in [5.41, 5.74) is 1.76. The summed E-state index contributed by atoms with van der Waals surface area (Å²) < 4.78 is 0. The minimum Gasteiger partial charge on any atom is -0.390 e. The molecule has 0 bridgehead atoms. The van der Waals surface area contributed by atoms with Crippen LogP contribution >= 0.6 is 0 Å². The Morgan fingerprint density at radius 1 is 1.38 bits per heavy atom. The van der Waals surface area contributed by atoms with E-state index < -0.39 is 0 Å². The Labute approximate surface area is 128 Å². The van der Waals surface area contributed by atoms with Gasteiger partial charge < -0.3 is 10.0 Å². The zero-order valence-electron chi connectivity index (χ0n) is 13.7. The lowest BCUT2D eigenvalue weighted by Gasteiger charge is -2.27. The minimum atomic E-state index is -0.0238. The monoisotopic (exact) mass is 292 g/mol. The smallest absolute Gasteiger partial charge is 0.131 e. The molecule has 1 atom stereocenters. The highest BCUT2D eigenvalue weighted by atomic mass is 16.3. The van der Waals surface area contributed by atoms with Crippen LogP contribution in [0.1, 0.15) is 51.6 Å². The topological polar surface area (TPSA) is 52.5 Å². The van der Waals surface area contributed by atoms with Crippen molar-refractivity contribution in [2.75, 3.05) is 31.1 Å². The van der Waals surface area contributed by atoms with Gasteiger partial charge in [0.25, 0.3) is 0 Å². The number of rotatable bonds is 6. The number of aliphatic hydroxyl groups excluding tert-OH is 1. The van der Waals surface area contributed by atoms with Crippen molar-refractivity contribution in [1.29, 1.82) is 0 Å². The molecule has 1 N–H and O–H groups in total. The normalized spacial score (nSPS) is 19.0. The first kappa shape index (κ1) is 16.2. The second-order valence-electron chi connectivity index (χ2n) is 5.98. The Bertz CT molecular complexity index is 460. The molecule has 1 aliphatic heterocycles. The summed E-state index contributed by atoms with van der Waals surface area (Å²) in [5, 5.41) is 9.63. The molecule has 1 unspecified atom stereocenters. The number of hydrogen-bond donors (Lipinski definition) is 1. The fraction of sp³-hybridized carbons (Fsp3) is 0.750. The van der Waals surface area contributed by atoms with Gasteiger partial charge in [0, 0.05) is 25.0 Å². The lowest BCUT2D eigenvalue weighted by atomic mass is 10.2. The van der Waals surface area contributed by atoms with Crippen molar-refractivity contribution in [3.8, 4) is 0 Å². The van der Waals surface area contributed by atoms with Crippen molar-refractivity contribution < 1.29 is 5.11 Å². The van der Waals surface area contributed by atoms with Gasteiger partial charge in [-0.2, -0.15) is 0 Å². The van der Waals surface area contributed by atoms with Crippen molar-refractivity contribution in [2.24, 2.45) is 0 Å². The molecule has 1 saturated heterocycles. The van der Waals surface area contributed by atoms with Gasteiger partial charge in [-0.1, -0.05) is 27.7 Å². The molecule has 1 aromatic rings. The molecule has 0 aromatic carbocycles. The highest BCUT2D eigenvalue weighted by Gasteiger charge is 2.28. The molecular formula is C16H28N4O. The van der Waals surface area contributed by atoms with Crippen LogP contribution in [-0.4, -0.2) is 52.2 Å². The summed E-state index contributed by atoms with van der Waals surface area (Å²) in [6, 6.07) is 0.594. The number of anilines is 1. The van der Waals surface area contributed by atoms with Crippen molar-refractivity contribution in [3.63, 3.8) is 0 Å². The van der Waals surface area contributed by atoms with Crippen LogP contribution in [0.4, 0.5) is 5.69 Å². The second kappa shape index (κ2) is 7.18. The van der Waals surface area contributed by atoms with Gasteiger partial charge in [-0.3, -0.25) is 4.90 Å². The molecule has 5 heteroatoms. The SMILES string of the molecule is CCN(CC)C1CCN(c2cnc(C(C)C)nc2CO)C1. The molecular weight excluding hydrogens is 264 g/mol. The van der Waals surface area contributed by atoms with Crippen molar-refractivity contribution in [2.45, 2.75) is 52.7 Å². The summed E-state index contributed by atoms with van der Waals surface area (Å²) in [6.45, 7) is 12.7. The Balaban J connectivity index is 2.16. The van der Waals surface area contributed by atoms with E-state index in [0.29, 0.717) is 6.04 Å². The van der Waals surface area contributed by atoms with Gasteiger partial charge in [0.1, 0.15) is 5.82 Å². The Kier molecular flexibility index (Phi) is 5.53. The number of aromatic nitrogens is 2. The van der Waals surface area contributed by atoms with Crippen LogP contribution in [0.2, 0.25) is 0 Å². The second-order valence-corrected chi connectivity index (χ2v) is 5.98. The van der Waals surface area contributed by atoms with Gasteiger partial charge in [-0.05, 0) is 19.5 Å². The van der Waals surface area contributed by atoms with Crippen LogP contribution in [0.25, 0.3) is 0 Å². The van der Waals surface area contributed by atoms with Gasteiger partial charge in [0.15, 0.2) is 0 Å². The van der Waals surface area contributed by atoms with E-state index in [9.17, 15) is 5.11 Å². The first-order valence-corrected chi connectivity index (χ1v) is 8.06. The zero-order chi connectivity index (χ0) is 15.4. The maximum Gasteiger partial charge on any atom is 0.131 e. The van der Waals surface area contributed by atoms with Crippen molar-refractivity contribution >= 4 is 5.69 Å². The molecule has 1 aliphatic rings. The molecule has 2 heterocycles. The molecule has 0 spiro atoms. The maximum absolute atomic E-state index is 9.63. The Hall–Kier alpha value is -1.20. The molecule has 1 fully saturated rings. The van der Waals surface area contributed by atoms with E-state index in [1.807, 2.05) is 6.20 Å². The van der Waals surface area contributed by atoms with E-state index in [-0.39, 0.29) is 12.5 Å². The van der Waals surface area contributed by atoms with Gasteiger partial charge >= 0.3 is 0 Å².